The maximum atomic E-state index is 11.3. The largest absolute Gasteiger partial charge is 2.00 e. The minimum atomic E-state index is -4.10. The molecule has 0 heterocycles. The fourth-order valence-corrected chi connectivity index (χ4v) is 3.52. The Kier molecular flexibility index (Phi) is 12.8. The Morgan fingerprint density at radius 1 is 0.826 bits per heavy atom. The van der Waals surface area contributed by atoms with E-state index in [-0.39, 0.29) is 22.0 Å². The maximum Gasteiger partial charge on any atom is 2.00 e. The average molecular weight is 382 g/mol. The van der Waals surface area contributed by atoms with Gasteiger partial charge in [-0.2, -0.15) is 8.42 Å². The second kappa shape index (κ2) is 13.0. The number of hydrogen-bond acceptors (Lipinski definition) is 2. The number of rotatable bonds is 12. The molecule has 23 heavy (non-hydrogen) atoms. The van der Waals surface area contributed by atoms with Crippen LogP contribution in [0.4, 0.5) is 0 Å². The first-order valence-electron chi connectivity index (χ1n) is 8.61. The Labute approximate surface area is 152 Å². The zero-order chi connectivity index (χ0) is 16.3. The third-order valence-corrected chi connectivity index (χ3v) is 5.00. The Morgan fingerprint density at radius 3 is 1.83 bits per heavy atom. The van der Waals surface area contributed by atoms with Crippen molar-refractivity contribution in [1.82, 2.24) is 0 Å². The summed E-state index contributed by atoms with van der Waals surface area (Å²) in [6.45, 7) is 2.24. The summed E-state index contributed by atoms with van der Waals surface area (Å²) in [5.74, 6) is 0. The van der Waals surface area contributed by atoms with E-state index in [4.69, 9.17) is 0 Å². The molecule has 0 saturated heterocycles. The third kappa shape index (κ3) is 10.2. The van der Waals surface area contributed by atoms with E-state index in [1.54, 1.807) is 12.1 Å². The van der Waals surface area contributed by atoms with Gasteiger partial charge in [0, 0.05) is 0 Å². The van der Waals surface area contributed by atoms with Crippen LogP contribution < -0.4 is 0 Å². The van der Waals surface area contributed by atoms with E-state index in [9.17, 15) is 13.0 Å². The van der Waals surface area contributed by atoms with Crippen molar-refractivity contribution in [3.63, 3.8) is 0 Å². The summed E-state index contributed by atoms with van der Waals surface area (Å²) in [5.41, 5.74) is 0.726. The molecule has 0 atom stereocenters. The van der Waals surface area contributed by atoms with Gasteiger partial charge in [-0.05, 0) is 24.5 Å². The van der Waals surface area contributed by atoms with Crippen molar-refractivity contribution >= 4 is 10.1 Å². The van der Waals surface area contributed by atoms with Crippen molar-refractivity contribution in [1.29, 1.82) is 0 Å². The second-order valence-electron chi connectivity index (χ2n) is 6.01. The molecule has 0 spiro atoms. The van der Waals surface area contributed by atoms with E-state index in [0.29, 0.717) is 6.42 Å². The van der Waals surface area contributed by atoms with Crippen LogP contribution in [0.1, 0.15) is 76.7 Å². The summed E-state index contributed by atoms with van der Waals surface area (Å²) in [7, 11) is -4.10. The molecule has 0 aliphatic rings. The molecule has 1 aromatic carbocycles. The van der Waals surface area contributed by atoms with Gasteiger partial charge in [-0.15, -0.1) is 0 Å². The molecular weight excluding hydrogens is 352 g/mol. The molecule has 0 saturated carbocycles. The van der Waals surface area contributed by atoms with Gasteiger partial charge in [-0.1, -0.05) is 82.9 Å². The molecular formula is C18H30FeO3S+2. The van der Waals surface area contributed by atoms with Crippen LogP contribution in [-0.4, -0.2) is 13.0 Å². The van der Waals surface area contributed by atoms with Crippen molar-refractivity contribution in [2.24, 2.45) is 0 Å². The van der Waals surface area contributed by atoms with Crippen molar-refractivity contribution in [3.05, 3.63) is 29.8 Å². The van der Waals surface area contributed by atoms with Gasteiger partial charge in [-0.25, -0.2) is 0 Å². The molecule has 0 aromatic heterocycles. The van der Waals surface area contributed by atoms with E-state index < -0.39 is 10.1 Å². The Hall–Kier alpha value is -0.351. The molecule has 132 valence electrons. The minimum absolute atomic E-state index is 0. The minimum Gasteiger partial charge on any atom is -0.282 e. The van der Waals surface area contributed by atoms with Gasteiger partial charge in [0.1, 0.15) is 0 Å². The topological polar surface area (TPSA) is 54.4 Å². The predicted molar refractivity (Wildman–Crippen MR) is 91.8 cm³/mol. The van der Waals surface area contributed by atoms with Gasteiger partial charge in [0.2, 0.25) is 0 Å². The van der Waals surface area contributed by atoms with Gasteiger partial charge < -0.3 is 0 Å². The monoisotopic (exact) mass is 382 g/mol. The first-order chi connectivity index (χ1) is 10.6. The number of aryl methyl sites for hydroxylation is 1. The van der Waals surface area contributed by atoms with Crippen LogP contribution in [0, 0.1) is 0 Å². The van der Waals surface area contributed by atoms with Crippen LogP contribution in [0.2, 0.25) is 0 Å². The smallest absolute Gasteiger partial charge is 0.282 e. The van der Waals surface area contributed by atoms with Crippen LogP contribution in [0.15, 0.2) is 29.2 Å². The van der Waals surface area contributed by atoms with E-state index in [1.807, 2.05) is 6.07 Å². The Morgan fingerprint density at radius 2 is 1.30 bits per heavy atom. The van der Waals surface area contributed by atoms with Crippen LogP contribution >= 0.6 is 0 Å². The molecule has 3 nitrogen and oxygen atoms in total. The summed E-state index contributed by atoms with van der Waals surface area (Å²) in [4.78, 5) is 0.0610. The standard InChI is InChI=1S/C18H30O3S.Fe/c1-2-3-4-5-6-7-8-9-10-11-14-17-15-12-13-16-18(17)22(19,20)21;/h12-13,15-16H,2-11,14H2,1H3,(H,19,20,21);/q;+2. The predicted octanol–water partition coefficient (Wildman–Crippen LogP) is 5.39. The Balaban J connectivity index is 0.00000484. The number of unbranched alkanes of at least 4 members (excludes halogenated alkanes) is 9. The number of hydrogen-bond donors (Lipinski definition) is 1. The molecule has 0 amide bonds. The fraction of sp³-hybridized carbons (Fsp3) is 0.667. The summed E-state index contributed by atoms with van der Waals surface area (Å²) in [5, 5.41) is 0. The molecule has 0 radical (unpaired) electrons. The van der Waals surface area contributed by atoms with Crippen LogP contribution in [0.25, 0.3) is 0 Å². The summed E-state index contributed by atoms with van der Waals surface area (Å²) >= 11 is 0. The molecule has 1 aromatic rings. The van der Waals surface area contributed by atoms with Crippen LogP contribution in [0.5, 0.6) is 0 Å². The first kappa shape index (κ1) is 22.6. The van der Waals surface area contributed by atoms with E-state index in [0.717, 1.165) is 18.4 Å². The van der Waals surface area contributed by atoms with Gasteiger partial charge in [0.15, 0.2) is 0 Å². The Bertz CT molecular complexity index is 515. The average Bonchev–Trinajstić information content (AvgIpc) is 2.48. The molecule has 1 rings (SSSR count). The third-order valence-electron chi connectivity index (χ3n) is 4.05. The quantitative estimate of drug-likeness (QED) is 0.299. The first-order valence-corrected chi connectivity index (χ1v) is 10.0. The van der Waals surface area contributed by atoms with E-state index in [1.165, 1.54) is 57.4 Å². The molecule has 1 N–H and O–H groups in total. The fourth-order valence-electron chi connectivity index (χ4n) is 2.76. The van der Waals surface area contributed by atoms with E-state index >= 15 is 0 Å². The summed E-state index contributed by atoms with van der Waals surface area (Å²) < 4.78 is 31.8. The molecule has 0 aliphatic heterocycles. The second-order valence-corrected chi connectivity index (χ2v) is 7.40. The van der Waals surface area contributed by atoms with Crippen molar-refractivity contribution in [2.75, 3.05) is 0 Å². The zero-order valence-electron chi connectivity index (χ0n) is 14.1. The van der Waals surface area contributed by atoms with Crippen LogP contribution in [0.3, 0.4) is 0 Å². The molecule has 5 heteroatoms. The summed E-state index contributed by atoms with van der Waals surface area (Å²) in [6.07, 6.45) is 13.3. The normalized spacial score (nSPS) is 11.2. The molecule has 0 fully saturated rings. The zero-order valence-corrected chi connectivity index (χ0v) is 16.0. The molecule has 0 unspecified atom stereocenters. The molecule has 0 bridgehead atoms. The van der Waals surface area contributed by atoms with Gasteiger partial charge in [0.05, 0.1) is 4.90 Å². The van der Waals surface area contributed by atoms with Crippen LogP contribution in [-0.2, 0) is 33.6 Å². The van der Waals surface area contributed by atoms with Crippen molar-refractivity contribution in [2.45, 2.75) is 82.4 Å². The van der Waals surface area contributed by atoms with E-state index in [2.05, 4.69) is 6.92 Å². The SMILES string of the molecule is CCCCCCCCCCCCc1ccccc1S(=O)(=O)O.[Fe+2]. The maximum absolute atomic E-state index is 11.3. The van der Waals surface area contributed by atoms with Gasteiger partial charge >= 0.3 is 17.1 Å². The van der Waals surface area contributed by atoms with Crippen molar-refractivity contribution < 1.29 is 30.0 Å². The van der Waals surface area contributed by atoms with Crippen molar-refractivity contribution in [3.8, 4) is 0 Å². The molecule has 0 aliphatic carbocycles. The van der Waals surface area contributed by atoms with Gasteiger partial charge in [-0.3, -0.25) is 4.55 Å². The summed E-state index contributed by atoms with van der Waals surface area (Å²) in [6, 6.07) is 6.73. The van der Waals surface area contributed by atoms with Gasteiger partial charge in [0.25, 0.3) is 10.1 Å². The number of benzene rings is 1.